The van der Waals surface area contributed by atoms with Crippen LogP contribution in [0.3, 0.4) is 0 Å². The summed E-state index contributed by atoms with van der Waals surface area (Å²) >= 11 is 0. The van der Waals surface area contributed by atoms with Crippen LogP contribution in [0.25, 0.3) is 0 Å². The quantitative estimate of drug-likeness (QED) is 0.842. The molecule has 0 saturated carbocycles. The van der Waals surface area contributed by atoms with Gasteiger partial charge in [-0.1, -0.05) is 27.7 Å². The van der Waals surface area contributed by atoms with Gasteiger partial charge in [0, 0.05) is 25.0 Å². The summed E-state index contributed by atoms with van der Waals surface area (Å²) in [5.74, 6) is 0.0873. The number of carbonyl (C=O) groups excluding carboxylic acids is 1. The zero-order chi connectivity index (χ0) is 15.8. The number of Topliss-reactive ketones (excluding diaryl/α,β-unsaturated/α-hetero) is 1. The molecule has 1 aromatic carbocycles. The molecule has 0 saturated heterocycles. The lowest BCUT2D eigenvalue weighted by Crippen LogP contribution is -2.35. The minimum atomic E-state index is -0.605. The summed E-state index contributed by atoms with van der Waals surface area (Å²) in [6, 6.07) is 5.30. The Labute approximate surface area is 122 Å². The molecule has 1 aliphatic rings. The minimum absolute atomic E-state index is 0.0198. The molecule has 0 atom stereocenters. The van der Waals surface area contributed by atoms with Crippen LogP contribution in [0.2, 0.25) is 0 Å². The molecule has 1 aromatic rings. The van der Waals surface area contributed by atoms with Crippen LogP contribution in [0.1, 0.15) is 57.5 Å². The third-order valence-electron chi connectivity index (χ3n) is 2.50. The van der Waals surface area contributed by atoms with Crippen molar-refractivity contribution in [3.05, 3.63) is 29.3 Å². The van der Waals surface area contributed by atoms with Crippen LogP contribution in [-0.4, -0.2) is 18.1 Å². The molecule has 4 heteroatoms. The number of rotatable bonds is 2. The van der Waals surface area contributed by atoms with Crippen molar-refractivity contribution >= 4 is 5.78 Å². The number of hydrogen-bond donors (Lipinski definition) is 1. The van der Waals surface area contributed by atoms with Crippen LogP contribution in [0.15, 0.2) is 18.2 Å². The predicted octanol–water partition coefficient (Wildman–Crippen LogP) is 3.53. The second-order valence-electron chi connectivity index (χ2n) is 4.24. The van der Waals surface area contributed by atoms with Crippen molar-refractivity contribution in [2.45, 2.75) is 53.9 Å². The molecular formula is C16H27NO3. The van der Waals surface area contributed by atoms with Gasteiger partial charge in [-0.25, -0.2) is 0 Å². The average molecular weight is 281 g/mol. The van der Waals surface area contributed by atoms with Crippen LogP contribution >= 0.6 is 0 Å². The van der Waals surface area contributed by atoms with Crippen molar-refractivity contribution in [2.75, 3.05) is 6.54 Å². The van der Waals surface area contributed by atoms with Crippen molar-refractivity contribution in [3.63, 3.8) is 0 Å². The first-order chi connectivity index (χ1) is 9.52. The molecule has 0 amide bonds. The van der Waals surface area contributed by atoms with E-state index in [1.165, 1.54) is 0 Å². The van der Waals surface area contributed by atoms with Crippen LogP contribution in [0.5, 0.6) is 5.75 Å². The Balaban J connectivity index is 0.000000829. The van der Waals surface area contributed by atoms with E-state index < -0.39 is 5.79 Å². The molecular weight excluding hydrogens is 254 g/mol. The fourth-order valence-electron chi connectivity index (χ4n) is 1.63. The monoisotopic (exact) mass is 281 g/mol. The summed E-state index contributed by atoms with van der Waals surface area (Å²) in [5.41, 5.74) is 6.80. The molecule has 0 spiro atoms. The van der Waals surface area contributed by atoms with E-state index >= 15 is 0 Å². The Morgan fingerprint density at radius 2 is 1.85 bits per heavy atom. The fourth-order valence-corrected chi connectivity index (χ4v) is 1.63. The van der Waals surface area contributed by atoms with Gasteiger partial charge in [-0.2, -0.15) is 0 Å². The molecule has 0 aromatic heterocycles. The molecule has 0 unspecified atom stereocenters. The zero-order valence-corrected chi connectivity index (χ0v) is 13.4. The van der Waals surface area contributed by atoms with E-state index in [1.807, 2.05) is 41.5 Å². The van der Waals surface area contributed by atoms with Gasteiger partial charge in [0.05, 0.1) is 13.2 Å². The molecule has 2 N–H and O–H groups in total. The van der Waals surface area contributed by atoms with Gasteiger partial charge in [-0.15, -0.1) is 0 Å². The van der Waals surface area contributed by atoms with Gasteiger partial charge >= 0.3 is 0 Å². The molecule has 0 radical (unpaired) electrons. The highest BCUT2D eigenvalue weighted by Crippen LogP contribution is 2.31. The Hall–Kier alpha value is -1.39. The fraction of sp³-hybridized carbons (Fsp3) is 0.562. The first kappa shape index (κ1) is 18.6. The van der Waals surface area contributed by atoms with E-state index in [4.69, 9.17) is 15.2 Å². The summed E-state index contributed by atoms with van der Waals surface area (Å²) < 4.78 is 11.1. The summed E-state index contributed by atoms with van der Waals surface area (Å²) in [6.45, 7) is 12.2. The lowest BCUT2D eigenvalue weighted by molar-refractivity contribution is -0.180. The molecule has 1 aliphatic heterocycles. The maximum atomic E-state index is 11.4. The molecule has 2 rings (SSSR count). The lowest BCUT2D eigenvalue weighted by atomic mass is 10.1. The van der Waals surface area contributed by atoms with E-state index in [0.29, 0.717) is 12.2 Å². The number of nitrogens with two attached hydrogens (primary N) is 1. The minimum Gasteiger partial charge on any atom is -0.463 e. The van der Waals surface area contributed by atoms with Crippen LogP contribution < -0.4 is 10.5 Å². The maximum absolute atomic E-state index is 11.4. The predicted molar refractivity (Wildman–Crippen MR) is 82.0 cm³/mol. The Kier molecular flexibility index (Phi) is 8.11. The Morgan fingerprint density at radius 1 is 1.25 bits per heavy atom. The zero-order valence-electron chi connectivity index (χ0n) is 13.4. The van der Waals surface area contributed by atoms with Gasteiger partial charge in [0.15, 0.2) is 5.78 Å². The highest BCUT2D eigenvalue weighted by molar-refractivity contribution is 5.97. The smallest absolute Gasteiger partial charge is 0.205 e. The van der Waals surface area contributed by atoms with Gasteiger partial charge in [-0.3, -0.25) is 4.79 Å². The van der Waals surface area contributed by atoms with Gasteiger partial charge in [0.25, 0.3) is 0 Å². The molecule has 1 heterocycles. The SMILES string of the molecule is CC.CC.CC1(C)OCc2cc(C(=O)CN)ccc2O1. The standard InChI is InChI=1S/C12H15NO3.2C2H6/c1-12(2)15-7-9-5-8(10(14)6-13)3-4-11(9)16-12;2*1-2/h3-5H,6-7,13H2,1-2H3;2*1-2H3. The Bertz CT molecular complexity index is 428. The van der Waals surface area contributed by atoms with E-state index in [2.05, 4.69) is 0 Å². The number of benzene rings is 1. The van der Waals surface area contributed by atoms with Crippen molar-refractivity contribution in [2.24, 2.45) is 5.73 Å². The van der Waals surface area contributed by atoms with E-state index in [1.54, 1.807) is 18.2 Å². The summed E-state index contributed by atoms with van der Waals surface area (Å²) in [4.78, 5) is 11.4. The first-order valence-electron chi connectivity index (χ1n) is 7.21. The molecule has 0 aliphatic carbocycles. The Morgan fingerprint density at radius 3 is 2.40 bits per heavy atom. The summed E-state index contributed by atoms with van der Waals surface area (Å²) in [6.07, 6.45) is 0. The third-order valence-corrected chi connectivity index (χ3v) is 2.50. The van der Waals surface area contributed by atoms with E-state index in [-0.39, 0.29) is 12.3 Å². The third kappa shape index (κ3) is 4.94. The molecule has 114 valence electrons. The van der Waals surface area contributed by atoms with Gasteiger partial charge in [0.2, 0.25) is 5.79 Å². The van der Waals surface area contributed by atoms with Crippen LogP contribution in [0.4, 0.5) is 0 Å². The largest absolute Gasteiger partial charge is 0.463 e. The number of fused-ring (bicyclic) bond motifs is 1. The normalized spacial score (nSPS) is 14.6. The molecule has 0 fully saturated rings. The van der Waals surface area contributed by atoms with Gasteiger partial charge < -0.3 is 15.2 Å². The maximum Gasteiger partial charge on any atom is 0.205 e. The van der Waals surface area contributed by atoms with Crippen molar-refractivity contribution in [3.8, 4) is 5.75 Å². The summed E-state index contributed by atoms with van der Waals surface area (Å²) in [5, 5.41) is 0. The van der Waals surface area contributed by atoms with Gasteiger partial charge in [-0.05, 0) is 18.2 Å². The first-order valence-corrected chi connectivity index (χ1v) is 7.21. The van der Waals surface area contributed by atoms with Crippen molar-refractivity contribution < 1.29 is 14.3 Å². The van der Waals surface area contributed by atoms with Crippen LogP contribution in [-0.2, 0) is 11.3 Å². The summed E-state index contributed by atoms with van der Waals surface area (Å²) in [7, 11) is 0. The lowest BCUT2D eigenvalue weighted by Gasteiger charge is -2.32. The second kappa shape index (κ2) is 8.72. The number of carbonyl (C=O) groups is 1. The average Bonchev–Trinajstić information content (AvgIpc) is 2.49. The van der Waals surface area contributed by atoms with Gasteiger partial charge in [0.1, 0.15) is 5.75 Å². The molecule has 4 nitrogen and oxygen atoms in total. The molecule has 20 heavy (non-hydrogen) atoms. The van der Waals surface area contributed by atoms with Crippen molar-refractivity contribution in [1.82, 2.24) is 0 Å². The number of hydrogen-bond acceptors (Lipinski definition) is 4. The van der Waals surface area contributed by atoms with Crippen LogP contribution in [0, 0.1) is 0 Å². The van der Waals surface area contributed by atoms with E-state index in [0.717, 1.165) is 11.3 Å². The van der Waals surface area contributed by atoms with Crippen molar-refractivity contribution in [1.29, 1.82) is 0 Å². The topological polar surface area (TPSA) is 61.5 Å². The second-order valence-corrected chi connectivity index (χ2v) is 4.24. The highest BCUT2D eigenvalue weighted by atomic mass is 16.7. The number of ether oxygens (including phenoxy) is 2. The number of ketones is 1. The highest BCUT2D eigenvalue weighted by Gasteiger charge is 2.27. The molecule has 0 bridgehead atoms. The van der Waals surface area contributed by atoms with E-state index in [9.17, 15) is 4.79 Å².